The van der Waals surface area contributed by atoms with Gasteiger partial charge in [0.1, 0.15) is 5.56 Å². The van der Waals surface area contributed by atoms with Crippen LogP contribution in [-0.2, 0) is 6.18 Å². The molecular formula is C12H7F4N. The number of rotatable bonds is 1. The van der Waals surface area contributed by atoms with E-state index in [2.05, 4.69) is 4.98 Å². The number of aromatic nitrogens is 1. The van der Waals surface area contributed by atoms with Crippen molar-refractivity contribution >= 4 is 0 Å². The highest BCUT2D eigenvalue weighted by Gasteiger charge is 2.37. The maximum absolute atomic E-state index is 13.2. The number of hydrogen-bond donors (Lipinski definition) is 0. The fraction of sp³-hybridized carbons (Fsp3) is 0.0833. The van der Waals surface area contributed by atoms with Gasteiger partial charge in [-0.25, -0.2) is 4.39 Å². The maximum Gasteiger partial charge on any atom is 0.419 e. The molecule has 0 aliphatic heterocycles. The van der Waals surface area contributed by atoms with Crippen LogP contribution in [0.5, 0.6) is 0 Å². The average molecular weight is 241 g/mol. The van der Waals surface area contributed by atoms with E-state index in [0.717, 1.165) is 6.20 Å². The van der Waals surface area contributed by atoms with Crippen LogP contribution in [0.1, 0.15) is 5.56 Å². The van der Waals surface area contributed by atoms with Crippen molar-refractivity contribution < 1.29 is 17.6 Å². The van der Waals surface area contributed by atoms with Crippen molar-refractivity contribution in [2.75, 3.05) is 0 Å². The molecule has 2 aromatic rings. The second-order valence-corrected chi connectivity index (χ2v) is 3.41. The highest BCUT2D eigenvalue weighted by molar-refractivity contribution is 5.67. The van der Waals surface area contributed by atoms with Gasteiger partial charge in [0.25, 0.3) is 0 Å². The van der Waals surface area contributed by atoms with Crippen molar-refractivity contribution in [3.63, 3.8) is 0 Å². The van der Waals surface area contributed by atoms with E-state index in [1.165, 1.54) is 12.1 Å². The van der Waals surface area contributed by atoms with Crippen LogP contribution in [0.2, 0.25) is 0 Å². The lowest BCUT2D eigenvalue weighted by Crippen LogP contribution is -2.10. The van der Waals surface area contributed by atoms with Gasteiger partial charge >= 0.3 is 6.18 Å². The average Bonchev–Trinajstić information content (AvgIpc) is 2.28. The number of hydrogen-bond acceptors (Lipinski definition) is 1. The van der Waals surface area contributed by atoms with Crippen LogP contribution in [-0.4, -0.2) is 4.98 Å². The van der Waals surface area contributed by atoms with Gasteiger partial charge in [-0.05, 0) is 5.56 Å². The molecule has 1 aromatic heterocycles. The number of halogens is 4. The third-order valence-corrected chi connectivity index (χ3v) is 2.27. The van der Waals surface area contributed by atoms with E-state index in [-0.39, 0.29) is 11.1 Å². The normalized spacial score (nSPS) is 11.5. The van der Waals surface area contributed by atoms with Gasteiger partial charge in [0.2, 0.25) is 0 Å². The summed E-state index contributed by atoms with van der Waals surface area (Å²) in [6.07, 6.45) is -3.16. The number of benzene rings is 1. The molecular weight excluding hydrogens is 234 g/mol. The summed E-state index contributed by atoms with van der Waals surface area (Å²) in [5.41, 5.74) is -1.25. The van der Waals surface area contributed by atoms with Crippen LogP contribution in [0.4, 0.5) is 17.6 Å². The molecule has 0 saturated carbocycles. The van der Waals surface area contributed by atoms with Crippen LogP contribution in [0.15, 0.2) is 42.7 Å². The van der Waals surface area contributed by atoms with Crippen molar-refractivity contribution in [2.24, 2.45) is 0 Å². The minimum absolute atomic E-state index is 0.252. The van der Waals surface area contributed by atoms with Crippen LogP contribution >= 0.6 is 0 Å². The largest absolute Gasteiger partial charge is 0.419 e. The zero-order chi connectivity index (χ0) is 12.5. The lowest BCUT2D eigenvalue weighted by Gasteiger charge is -2.13. The molecule has 17 heavy (non-hydrogen) atoms. The topological polar surface area (TPSA) is 12.9 Å². The Hall–Kier alpha value is -1.91. The van der Waals surface area contributed by atoms with Gasteiger partial charge in [0.15, 0.2) is 5.82 Å². The standard InChI is InChI=1S/C12H7F4N/c13-10-7-17-6-9(11(10)12(14,15)16)8-4-2-1-3-5-8/h1-7H. The summed E-state index contributed by atoms with van der Waals surface area (Å²) in [7, 11) is 0. The molecule has 0 saturated heterocycles. The van der Waals surface area contributed by atoms with Gasteiger partial charge in [-0.3, -0.25) is 4.98 Å². The maximum atomic E-state index is 13.2. The Morgan fingerprint density at radius 3 is 2.18 bits per heavy atom. The van der Waals surface area contributed by atoms with Crippen molar-refractivity contribution in [3.05, 3.63) is 54.1 Å². The number of nitrogens with zero attached hydrogens (tertiary/aromatic N) is 1. The molecule has 0 atom stereocenters. The van der Waals surface area contributed by atoms with E-state index >= 15 is 0 Å². The zero-order valence-electron chi connectivity index (χ0n) is 8.50. The minimum atomic E-state index is -4.74. The summed E-state index contributed by atoms with van der Waals surface area (Å²) in [6.45, 7) is 0. The van der Waals surface area contributed by atoms with E-state index < -0.39 is 17.6 Å². The fourth-order valence-corrected chi connectivity index (χ4v) is 1.56. The lowest BCUT2D eigenvalue weighted by molar-refractivity contribution is -0.139. The lowest BCUT2D eigenvalue weighted by atomic mass is 10.0. The molecule has 0 amide bonds. The third-order valence-electron chi connectivity index (χ3n) is 2.27. The molecule has 0 unspecified atom stereocenters. The van der Waals surface area contributed by atoms with Crippen molar-refractivity contribution in [1.29, 1.82) is 0 Å². The highest BCUT2D eigenvalue weighted by atomic mass is 19.4. The summed E-state index contributed by atoms with van der Waals surface area (Å²) in [5, 5.41) is 0. The van der Waals surface area contributed by atoms with Gasteiger partial charge < -0.3 is 0 Å². The molecule has 0 aliphatic carbocycles. The van der Waals surface area contributed by atoms with Gasteiger partial charge in [-0.15, -0.1) is 0 Å². The van der Waals surface area contributed by atoms with Gasteiger partial charge in [0.05, 0.1) is 6.20 Å². The summed E-state index contributed by atoms with van der Waals surface area (Å²) in [6, 6.07) is 7.79. The monoisotopic (exact) mass is 241 g/mol. The summed E-state index contributed by atoms with van der Waals surface area (Å²) >= 11 is 0. The first kappa shape index (κ1) is 11.6. The van der Waals surface area contributed by atoms with Crippen LogP contribution in [0, 0.1) is 5.82 Å². The quantitative estimate of drug-likeness (QED) is 0.690. The van der Waals surface area contributed by atoms with E-state index in [1.54, 1.807) is 18.2 Å². The smallest absolute Gasteiger partial charge is 0.261 e. The van der Waals surface area contributed by atoms with E-state index in [9.17, 15) is 17.6 Å². The first-order valence-electron chi connectivity index (χ1n) is 4.76. The first-order chi connectivity index (χ1) is 8.00. The second kappa shape index (κ2) is 4.16. The molecule has 0 radical (unpaired) electrons. The Bertz CT molecular complexity index is 520. The molecule has 5 heteroatoms. The molecule has 2 rings (SSSR count). The molecule has 0 fully saturated rings. The highest BCUT2D eigenvalue weighted by Crippen LogP contribution is 2.37. The molecule has 1 nitrogen and oxygen atoms in total. The van der Waals surface area contributed by atoms with Crippen molar-refractivity contribution in [3.8, 4) is 11.1 Å². The Balaban J connectivity index is 2.67. The van der Waals surface area contributed by atoms with E-state index in [4.69, 9.17) is 0 Å². The molecule has 1 aromatic carbocycles. The Kier molecular flexibility index (Phi) is 2.83. The van der Waals surface area contributed by atoms with Crippen molar-refractivity contribution in [1.82, 2.24) is 4.98 Å². The Labute approximate surface area is 94.7 Å². The SMILES string of the molecule is Fc1cncc(-c2ccccc2)c1C(F)(F)F. The zero-order valence-corrected chi connectivity index (χ0v) is 8.50. The summed E-state index contributed by atoms with van der Waals surface area (Å²) in [5.74, 6) is -1.36. The van der Waals surface area contributed by atoms with Crippen LogP contribution in [0.25, 0.3) is 11.1 Å². The minimum Gasteiger partial charge on any atom is -0.261 e. The van der Waals surface area contributed by atoms with Gasteiger partial charge in [-0.2, -0.15) is 13.2 Å². The van der Waals surface area contributed by atoms with Crippen LogP contribution < -0.4 is 0 Å². The Morgan fingerprint density at radius 1 is 0.941 bits per heavy atom. The summed E-state index contributed by atoms with van der Waals surface area (Å²) in [4.78, 5) is 3.46. The van der Waals surface area contributed by atoms with Crippen LogP contribution in [0.3, 0.4) is 0 Å². The molecule has 1 heterocycles. The van der Waals surface area contributed by atoms with Gasteiger partial charge in [0, 0.05) is 11.8 Å². The van der Waals surface area contributed by atoms with Crippen molar-refractivity contribution in [2.45, 2.75) is 6.18 Å². The molecule has 88 valence electrons. The number of alkyl halides is 3. The van der Waals surface area contributed by atoms with Gasteiger partial charge in [-0.1, -0.05) is 30.3 Å². The third kappa shape index (κ3) is 2.27. The predicted octanol–water partition coefficient (Wildman–Crippen LogP) is 3.91. The van der Waals surface area contributed by atoms with E-state index in [0.29, 0.717) is 6.20 Å². The number of pyridine rings is 1. The molecule has 0 spiro atoms. The first-order valence-corrected chi connectivity index (χ1v) is 4.76. The molecule has 0 N–H and O–H groups in total. The molecule has 0 aliphatic rings. The van der Waals surface area contributed by atoms with E-state index in [1.807, 2.05) is 0 Å². The Morgan fingerprint density at radius 2 is 1.59 bits per heavy atom. The fourth-order valence-electron chi connectivity index (χ4n) is 1.56. The summed E-state index contributed by atoms with van der Waals surface area (Å²) < 4.78 is 51.4. The second-order valence-electron chi connectivity index (χ2n) is 3.41. The molecule has 0 bridgehead atoms. The predicted molar refractivity (Wildman–Crippen MR) is 54.6 cm³/mol.